The molecule has 6 heteroatoms. The lowest BCUT2D eigenvalue weighted by Gasteiger charge is -2.37. The quantitative estimate of drug-likeness (QED) is 0.852. The third kappa shape index (κ3) is 2.44. The highest BCUT2D eigenvalue weighted by Gasteiger charge is 2.28. The molecule has 0 spiro atoms. The van der Waals surface area contributed by atoms with E-state index in [4.69, 9.17) is 0 Å². The van der Waals surface area contributed by atoms with Gasteiger partial charge in [0.2, 0.25) is 10.1 Å². The van der Waals surface area contributed by atoms with Gasteiger partial charge in [0.25, 0.3) is 5.56 Å². The molecule has 5 nitrogen and oxygen atoms in total. The first-order chi connectivity index (χ1) is 9.48. The van der Waals surface area contributed by atoms with Crippen LogP contribution in [0.5, 0.6) is 0 Å². The lowest BCUT2D eigenvalue weighted by Crippen LogP contribution is -2.40. The van der Waals surface area contributed by atoms with E-state index in [0.717, 1.165) is 30.3 Å². The Labute approximate surface area is 122 Å². The molecule has 3 rings (SSSR count). The van der Waals surface area contributed by atoms with Crippen LogP contribution in [-0.2, 0) is 6.42 Å². The van der Waals surface area contributed by atoms with Crippen molar-refractivity contribution < 1.29 is 0 Å². The number of nitrogens with zero attached hydrogens (tertiary/aromatic N) is 4. The first-order valence-corrected chi connectivity index (χ1v) is 7.95. The second-order valence-corrected chi connectivity index (χ2v) is 7.14. The van der Waals surface area contributed by atoms with E-state index in [0.29, 0.717) is 10.4 Å². The van der Waals surface area contributed by atoms with Crippen LogP contribution in [0, 0.1) is 5.41 Å². The number of aryl methyl sites for hydroxylation is 1. The van der Waals surface area contributed by atoms with Gasteiger partial charge < -0.3 is 4.90 Å². The topological polar surface area (TPSA) is 50.5 Å². The maximum atomic E-state index is 12.0. The van der Waals surface area contributed by atoms with Crippen molar-refractivity contribution in [2.45, 2.75) is 40.0 Å². The molecule has 0 bridgehead atoms. The van der Waals surface area contributed by atoms with Crippen LogP contribution in [0.2, 0.25) is 0 Å². The summed E-state index contributed by atoms with van der Waals surface area (Å²) in [4.78, 5) is 19.5. The fourth-order valence-electron chi connectivity index (χ4n) is 2.74. The van der Waals surface area contributed by atoms with Crippen LogP contribution in [0.4, 0.5) is 5.13 Å². The first-order valence-electron chi connectivity index (χ1n) is 7.13. The highest BCUT2D eigenvalue weighted by molar-refractivity contribution is 7.20. The van der Waals surface area contributed by atoms with Crippen LogP contribution in [0.3, 0.4) is 0 Å². The van der Waals surface area contributed by atoms with Gasteiger partial charge in [-0.05, 0) is 24.7 Å². The molecular weight excluding hydrogens is 272 g/mol. The summed E-state index contributed by atoms with van der Waals surface area (Å²) in [6.07, 6.45) is 3.19. The van der Waals surface area contributed by atoms with Gasteiger partial charge in [0.1, 0.15) is 0 Å². The number of hydrogen-bond donors (Lipinski definition) is 0. The van der Waals surface area contributed by atoms with Crippen molar-refractivity contribution in [3.05, 3.63) is 22.1 Å². The van der Waals surface area contributed by atoms with Gasteiger partial charge in [-0.1, -0.05) is 32.1 Å². The molecule has 20 heavy (non-hydrogen) atoms. The van der Waals surface area contributed by atoms with Gasteiger partial charge in [-0.25, -0.2) is 4.98 Å². The van der Waals surface area contributed by atoms with Gasteiger partial charge in [0.05, 0.1) is 0 Å². The third-order valence-corrected chi connectivity index (χ3v) is 4.79. The predicted molar refractivity (Wildman–Crippen MR) is 81.7 cm³/mol. The van der Waals surface area contributed by atoms with Gasteiger partial charge in [0.15, 0.2) is 0 Å². The Kier molecular flexibility index (Phi) is 3.28. The third-order valence-electron chi connectivity index (χ3n) is 3.82. The number of rotatable bonds is 2. The van der Waals surface area contributed by atoms with Crippen LogP contribution in [0.15, 0.2) is 10.9 Å². The lowest BCUT2D eigenvalue weighted by atomic mass is 9.84. The van der Waals surface area contributed by atoms with E-state index in [1.54, 1.807) is 6.07 Å². The van der Waals surface area contributed by atoms with Crippen molar-refractivity contribution in [3.63, 3.8) is 0 Å². The molecule has 0 N–H and O–H groups in total. The number of hydrogen-bond acceptors (Lipinski definition) is 5. The Hall–Kier alpha value is -1.43. The number of aromatic nitrogens is 3. The van der Waals surface area contributed by atoms with Crippen LogP contribution >= 0.6 is 11.3 Å². The lowest BCUT2D eigenvalue weighted by molar-refractivity contribution is 0.292. The summed E-state index contributed by atoms with van der Waals surface area (Å²) < 4.78 is 1.43. The monoisotopic (exact) mass is 292 g/mol. The fraction of sp³-hybridized carbons (Fsp3) is 0.643. The molecule has 2 aromatic heterocycles. The summed E-state index contributed by atoms with van der Waals surface area (Å²) in [6, 6.07) is 1.58. The number of piperidine rings is 1. The average Bonchev–Trinajstić information content (AvgIpc) is 2.82. The normalized spacial score (nSPS) is 18.6. The molecule has 0 radical (unpaired) electrons. The maximum Gasteiger partial charge on any atom is 0.275 e. The summed E-state index contributed by atoms with van der Waals surface area (Å²) in [5, 5.41) is 5.38. The Bertz CT molecular complexity index is 688. The van der Waals surface area contributed by atoms with Crippen molar-refractivity contribution >= 4 is 21.4 Å². The number of anilines is 1. The van der Waals surface area contributed by atoms with E-state index < -0.39 is 0 Å². The molecule has 1 saturated heterocycles. The largest absolute Gasteiger partial charge is 0.346 e. The van der Waals surface area contributed by atoms with E-state index in [-0.39, 0.29) is 5.56 Å². The van der Waals surface area contributed by atoms with E-state index in [1.807, 2.05) is 6.92 Å². The molecular formula is C14H20N4OS. The van der Waals surface area contributed by atoms with Gasteiger partial charge in [-0.2, -0.15) is 4.52 Å². The minimum absolute atomic E-state index is 0.0781. The second kappa shape index (κ2) is 4.84. The molecule has 1 aliphatic rings. The summed E-state index contributed by atoms with van der Waals surface area (Å²) in [5.74, 6) is 0. The molecule has 1 aliphatic heterocycles. The summed E-state index contributed by atoms with van der Waals surface area (Å²) in [7, 11) is 0. The standard InChI is InChI=1S/C14H20N4OS/c1-4-10-8-11(19)18-12(15-10)20-13(16-18)17-7-5-6-14(2,3)9-17/h8H,4-7,9H2,1-3H3. The Morgan fingerprint density at radius 3 is 2.95 bits per heavy atom. The second-order valence-electron chi connectivity index (χ2n) is 6.21. The molecule has 0 amide bonds. The smallest absolute Gasteiger partial charge is 0.275 e. The van der Waals surface area contributed by atoms with Gasteiger partial charge in [-0.3, -0.25) is 4.79 Å². The summed E-state index contributed by atoms with van der Waals surface area (Å²) in [6.45, 7) is 8.58. The molecule has 3 heterocycles. The van der Waals surface area contributed by atoms with Crippen molar-refractivity contribution in [1.82, 2.24) is 14.6 Å². The first kappa shape index (κ1) is 13.5. The van der Waals surface area contributed by atoms with E-state index in [1.165, 1.54) is 28.7 Å². The van der Waals surface area contributed by atoms with Crippen molar-refractivity contribution in [2.75, 3.05) is 18.0 Å². The molecule has 1 fully saturated rings. The van der Waals surface area contributed by atoms with Gasteiger partial charge >= 0.3 is 0 Å². The Morgan fingerprint density at radius 1 is 1.45 bits per heavy atom. The molecule has 0 saturated carbocycles. The molecule has 2 aromatic rings. The van der Waals surface area contributed by atoms with Crippen LogP contribution in [0.1, 0.15) is 39.3 Å². The molecule has 0 aromatic carbocycles. The predicted octanol–water partition coefficient (Wildman–Crippen LogP) is 2.34. The van der Waals surface area contributed by atoms with Gasteiger partial charge in [-0.15, -0.1) is 5.10 Å². The van der Waals surface area contributed by atoms with E-state index >= 15 is 0 Å². The molecule has 0 aliphatic carbocycles. The minimum Gasteiger partial charge on any atom is -0.346 e. The van der Waals surface area contributed by atoms with Crippen LogP contribution in [-0.4, -0.2) is 27.7 Å². The van der Waals surface area contributed by atoms with E-state index in [2.05, 4.69) is 28.8 Å². The van der Waals surface area contributed by atoms with Crippen LogP contribution in [0.25, 0.3) is 4.96 Å². The Balaban J connectivity index is 2.01. The average molecular weight is 292 g/mol. The number of fused-ring (bicyclic) bond motifs is 1. The van der Waals surface area contributed by atoms with Crippen LogP contribution < -0.4 is 10.5 Å². The zero-order valence-electron chi connectivity index (χ0n) is 12.2. The van der Waals surface area contributed by atoms with Crippen molar-refractivity contribution in [2.24, 2.45) is 5.41 Å². The molecule has 108 valence electrons. The highest BCUT2D eigenvalue weighted by Crippen LogP contribution is 2.33. The van der Waals surface area contributed by atoms with Crippen molar-refractivity contribution in [3.8, 4) is 0 Å². The Morgan fingerprint density at radius 2 is 2.25 bits per heavy atom. The SMILES string of the molecule is CCc1cc(=O)n2nc(N3CCCC(C)(C)C3)sc2n1. The highest BCUT2D eigenvalue weighted by atomic mass is 32.1. The zero-order chi connectivity index (χ0) is 14.3. The zero-order valence-corrected chi connectivity index (χ0v) is 13.0. The molecule has 0 atom stereocenters. The summed E-state index contributed by atoms with van der Waals surface area (Å²) in [5.41, 5.74) is 1.07. The maximum absolute atomic E-state index is 12.0. The van der Waals surface area contributed by atoms with Crippen molar-refractivity contribution in [1.29, 1.82) is 0 Å². The van der Waals surface area contributed by atoms with Gasteiger partial charge in [0, 0.05) is 24.8 Å². The fourth-order valence-corrected chi connectivity index (χ4v) is 3.69. The molecule has 0 unspecified atom stereocenters. The van der Waals surface area contributed by atoms with E-state index in [9.17, 15) is 4.79 Å². The minimum atomic E-state index is -0.0781. The summed E-state index contributed by atoms with van der Waals surface area (Å²) >= 11 is 1.51.